The first-order valence-electron chi connectivity index (χ1n) is 23.3. The zero-order chi connectivity index (χ0) is 44.1. The van der Waals surface area contributed by atoms with E-state index in [1.165, 1.54) is 99.3 Å². The molecule has 12 aromatic rings. The SMILES string of the molecule is c1ccc(-c2ccc(N(c3ccc4c(c3)C3(c5ccccc5-c5ccccc53)c3ccccc3-4)c3cccc4c(-c5ccc6c(c5)c5ccccc5n6-c5ccccc5)cccc34)cc2)cc1. The Kier molecular flexibility index (Phi) is 8.23. The van der Waals surface area contributed by atoms with E-state index >= 15 is 0 Å². The van der Waals surface area contributed by atoms with Crippen LogP contribution in [0, 0.1) is 0 Å². The lowest BCUT2D eigenvalue weighted by Crippen LogP contribution is -2.26. The summed E-state index contributed by atoms with van der Waals surface area (Å²) in [7, 11) is 0. The van der Waals surface area contributed by atoms with E-state index in [0.29, 0.717) is 0 Å². The summed E-state index contributed by atoms with van der Waals surface area (Å²) >= 11 is 0. The molecule has 0 saturated carbocycles. The lowest BCUT2D eigenvalue weighted by atomic mass is 9.70. The minimum absolute atomic E-state index is 0.452. The van der Waals surface area contributed by atoms with Crippen LogP contribution in [0.4, 0.5) is 17.1 Å². The predicted molar refractivity (Wildman–Crippen MR) is 280 cm³/mol. The summed E-state index contributed by atoms with van der Waals surface area (Å²) in [4.78, 5) is 2.49. The molecule has 14 rings (SSSR count). The van der Waals surface area contributed by atoms with Crippen molar-refractivity contribution in [2.45, 2.75) is 5.41 Å². The molecule has 0 N–H and O–H groups in total. The molecule has 0 radical (unpaired) electrons. The molecule has 1 heterocycles. The molecule has 2 aliphatic rings. The highest BCUT2D eigenvalue weighted by Crippen LogP contribution is 2.63. The van der Waals surface area contributed by atoms with Gasteiger partial charge in [0, 0.05) is 33.2 Å². The quantitative estimate of drug-likeness (QED) is 0.162. The molecule has 1 spiro atoms. The lowest BCUT2D eigenvalue weighted by molar-refractivity contribution is 0.793. The van der Waals surface area contributed by atoms with Crippen LogP contribution < -0.4 is 4.90 Å². The first-order valence-corrected chi connectivity index (χ1v) is 23.3. The van der Waals surface area contributed by atoms with Gasteiger partial charge in [-0.25, -0.2) is 0 Å². The molecule has 0 fully saturated rings. The van der Waals surface area contributed by atoms with E-state index in [0.717, 1.165) is 22.7 Å². The van der Waals surface area contributed by atoms with Crippen LogP contribution in [0.1, 0.15) is 22.3 Å². The molecule has 2 nitrogen and oxygen atoms in total. The van der Waals surface area contributed by atoms with Gasteiger partial charge in [-0.15, -0.1) is 0 Å². The van der Waals surface area contributed by atoms with Gasteiger partial charge in [0.05, 0.1) is 22.1 Å². The van der Waals surface area contributed by atoms with Crippen LogP contribution in [0.3, 0.4) is 0 Å². The maximum atomic E-state index is 2.50. The van der Waals surface area contributed by atoms with E-state index in [9.17, 15) is 0 Å². The van der Waals surface area contributed by atoms with E-state index in [4.69, 9.17) is 0 Å². The summed E-state index contributed by atoms with van der Waals surface area (Å²) in [5.41, 5.74) is 21.8. The number of rotatable bonds is 6. The van der Waals surface area contributed by atoms with Gasteiger partial charge in [-0.2, -0.15) is 0 Å². The largest absolute Gasteiger partial charge is 0.310 e. The number of benzene rings is 11. The Hall–Kier alpha value is -8.72. The van der Waals surface area contributed by atoms with Gasteiger partial charge in [0.2, 0.25) is 0 Å². The number of hydrogen-bond acceptors (Lipinski definition) is 1. The van der Waals surface area contributed by atoms with Gasteiger partial charge in [-0.05, 0) is 133 Å². The van der Waals surface area contributed by atoms with E-state index in [-0.39, 0.29) is 0 Å². The summed E-state index contributed by atoms with van der Waals surface area (Å²) in [5, 5.41) is 4.89. The van der Waals surface area contributed by atoms with Gasteiger partial charge in [0.15, 0.2) is 0 Å². The zero-order valence-electron chi connectivity index (χ0n) is 36.6. The van der Waals surface area contributed by atoms with Crippen molar-refractivity contribution >= 4 is 49.6 Å². The van der Waals surface area contributed by atoms with Crippen molar-refractivity contribution in [1.82, 2.24) is 4.57 Å². The summed E-state index contributed by atoms with van der Waals surface area (Å²) in [6.45, 7) is 0. The second kappa shape index (κ2) is 14.7. The van der Waals surface area contributed by atoms with Crippen molar-refractivity contribution in [3.8, 4) is 50.2 Å². The van der Waals surface area contributed by atoms with E-state index in [2.05, 4.69) is 264 Å². The third-order valence-corrected chi connectivity index (χ3v) is 14.6. The number of aromatic nitrogens is 1. The number of fused-ring (bicyclic) bond motifs is 14. The van der Waals surface area contributed by atoms with E-state index < -0.39 is 5.41 Å². The molecule has 0 amide bonds. The average molecular weight is 851 g/mol. The minimum Gasteiger partial charge on any atom is -0.310 e. The molecule has 0 unspecified atom stereocenters. The summed E-state index contributed by atoms with van der Waals surface area (Å²) in [5.74, 6) is 0. The van der Waals surface area contributed by atoms with Crippen LogP contribution in [-0.2, 0) is 5.41 Å². The molecule has 312 valence electrons. The first kappa shape index (κ1) is 37.6. The van der Waals surface area contributed by atoms with Gasteiger partial charge in [-0.3, -0.25) is 0 Å². The minimum atomic E-state index is -0.452. The Morgan fingerprint density at radius 1 is 0.284 bits per heavy atom. The first-order chi connectivity index (χ1) is 33.3. The molecule has 0 bridgehead atoms. The fourth-order valence-electron chi connectivity index (χ4n) is 11.8. The fourth-order valence-corrected chi connectivity index (χ4v) is 11.8. The molecule has 11 aromatic carbocycles. The molecule has 1 aromatic heterocycles. The van der Waals surface area contributed by atoms with Crippen molar-refractivity contribution in [2.24, 2.45) is 0 Å². The molecule has 0 aliphatic heterocycles. The van der Waals surface area contributed by atoms with Crippen molar-refractivity contribution < 1.29 is 0 Å². The van der Waals surface area contributed by atoms with Gasteiger partial charge in [-0.1, -0.05) is 194 Å². The number of nitrogens with zero attached hydrogens (tertiary/aromatic N) is 2. The Labute approximate surface area is 389 Å². The molecule has 2 aliphatic carbocycles. The third-order valence-electron chi connectivity index (χ3n) is 14.6. The molecule has 2 heteroatoms. The molecule has 0 saturated heterocycles. The van der Waals surface area contributed by atoms with Crippen molar-refractivity contribution in [1.29, 1.82) is 0 Å². The average Bonchev–Trinajstić information content (AvgIpc) is 4.01. The Morgan fingerprint density at radius 3 is 1.51 bits per heavy atom. The summed E-state index contributed by atoms with van der Waals surface area (Å²) in [6, 6.07) is 94.3. The highest BCUT2D eigenvalue weighted by Gasteiger charge is 2.51. The second-order valence-corrected chi connectivity index (χ2v) is 18.0. The smallest absolute Gasteiger partial charge is 0.0726 e. The summed E-state index contributed by atoms with van der Waals surface area (Å²) < 4.78 is 2.39. The fraction of sp³-hybridized carbons (Fsp3) is 0.0154. The highest BCUT2D eigenvalue weighted by molar-refractivity contribution is 6.12. The topological polar surface area (TPSA) is 8.17 Å². The van der Waals surface area contributed by atoms with Gasteiger partial charge in [0.25, 0.3) is 0 Å². The Balaban J connectivity index is 0.985. The summed E-state index contributed by atoms with van der Waals surface area (Å²) in [6.07, 6.45) is 0. The normalized spacial score (nSPS) is 12.9. The Bertz CT molecular complexity index is 3850. The van der Waals surface area contributed by atoms with Crippen molar-refractivity contribution in [3.05, 3.63) is 277 Å². The number of para-hydroxylation sites is 2. The standard InChI is InChI=1S/C65H42N2/c1-3-17-43(18-4-1)44-33-36-47(37-34-44)66(48-38-39-54-53-23-9-13-30-60(53)65(61(54)42-48)58-28-11-7-21-51(58)52-22-8-12-29-59(52)65)62-32-16-26-50-49(25-15-27-55(50)62)45-35-40-64-57(41-45)56-24-10-14-31-63(56)67(64)46-19-5-2-6-20-46/h1-42H. The van der Waals surface area contributed by atoms with Crippen LogP contribution in [0.2, 0.25) is 0 Å². The number of hydrogen-bond donors (Lipinski definition) is 0. The highest BCUT2D eigenvalue weighted by atomic mass is 15.1. The van der Waals surface area contributed by atoms with Gasteiger partial charge >= 0.3 is 0 Å². The Morgan fingerprint density at radius 2 is 0.791 bits per heavy atom. The number of anilines is 3. The maximum Gasteiger partial charge on any atom is 0.0726 e. The molecular formula is C65H42N2. The molecular weight excluding hydrogens is 809 g/mol. The van der Waals surface area contributed by atoms with Crippen LogP contribution in [0.5, 0.6) is 0 Å². The van der Waals surface area contributed by atoms with E-state index in [1.54, 1.807) is 0 Å². The van der Waals surface area contributed by atoms with Crippen LogP contribution >= 0.6 is 0 Å². The second-order valence-electron chi connectivity index (χ2n) is 18.0. The van der Waals surface area contributed by atoms with Crippen LogP contribution in [-0.4, -0.2) is 4.57 Å². The lowest BCUT2D eigenvalue weighted by Gasteiger charge is -2.32. The zero-order valence-corrected chi connectivity index (χ0v) is 36.6. The molecule has 0 atom stereocenters. The van der Waals surface area contributed by atoms with Gasteiger partial charge < -0.3 is 9.47 Å². The van der Waals surface area contributed by atoms with E-state index in [1.807, 2.05) is 0 Å². The molecule has 67 heavy (non-hydrogen) atoms. The van der Waals surface area contributed by atoms with Crippen molar-refractivity contribution in [2.75, 3.05) is 4.90 Å². The monoisotopic (exact) mass is 850 g/mol. The van der Waals surface area contributed by atoms with Crippen molar-refractivity contribution in [3.63, 3.8) is 0 Å². The van der Waals surface area contributed by atoms with Gasteiger partial charge in [0.1, 0.15) is 0 Å². The maximum absolute atomic E-state index is 2.50. The predicted octanol–water partition coefficient (Wildman–Crippen LogP) is 17.1. The van der Waals surface area contributed by atoms with Crippen LogP contribution in [0.15, 0.2) is 255 Å². The van der Waals surface area contributed by atoms with Crippen LogP contribution in [0.25, 0.3) is 82.8 Å². The third kappa shape index (κ3) is 5.45.